The van der Waals surface area contributed by atoms with Gasteiger partial charge < -0.3 is 10.1 Å². The summed E-state index contributed by atoms with van der Waals surface area (Å²) in [5.41, 5.74) is 3.29. The van der Waals surface area contributed by atoms with Gasteiger partial charge in [-0.05, 0) is 35.9 Å². The Morgan fingerprint density at radius 2 is 1.96 bits per heavy atom. The maximum atomic E-state index is 12.7. The second-order valence-corrected chi connectivity index (χ2v) is 4.76. The van der Waals surface area contributed by atoms with Crippen molar-refractivity contribution >= 4 is 18.0 Å². The zero-order valence-corrected chi connectivity index (χ0v) is 13.0. The standard InChI is InChI=1S/C17H16FN3O3/c1-24-15-4-2-3-13(9-15)17(23)19-11-16(22)21-20-10-12-5-7-14(18)8-6-12/h2-10H,11H2,1H3,(H,19,23)(H,21,22)/b20-10+. The Bertz CT molecular complexity index is 745. The number of halogens is 1. The Kier molecular flexibility index (Phi) is 6.01. The van der Waals surface area contributed by atoms with Gasteiger partial charge in [0.05, 0.1) is 19.9 Å². The first-order chi connectivity index (χ1) is 11.6. The number of carbonyl (C=O) groups excluding carboxylic acids is 2. The molecule has 0 saturated carbocycles. The van der Waals surface area contributed by atoms with E-state index in [0.29, 0.717) is 16.9 Å². The highest BCUT2D eigenvalue weighted by Crippen LogP contribution is 2.12. The zero-order valence-electron chi connectivity index (χ0n) is 13.0. The van der Waals surface area contributed by atoms with Gasteiger partial charge >= 0.3 is 0 Å². The number of amides is 2. The molecule has 0 bridgehead atoms. The summed E-state index contributed by atoms with van der Waals surface area (Å²) in [6, 6.07) is 12.2. The van der Waals surface area contributed by atoms with E-state index in [9.17, 15) is 14.0 Å². The van der Waals surface area contributed by atoms with Crippen LogP contribution in [0.5, 0.6) is 5.75 Å². The molecule has 124 valence electrons. The van der Waals surface area contributed by atoms with Gasteiger partial charge in [0, 0.05) is 5.56 Å². The van der Waals surface area contributed by atoms with Crippen LogP contribution in [0.3, 0.4) is 0 Å². The highest BCUT2D eigenvalue weighted by atomic mass is 19.1. The van der Waals surface area contributed by atoms with Gasteiger partial charge in [-0.3, -0.25) is 9.59 Å². The van der Waals surface area contributed by atoms with E-state index in [1.165, 1.54) is 37.6 Å². The summed E-state index contributed by atoms with van der Waals surface area (Å²) in [5, 5.41) is 6.21. The molecule has 2 aromatic rings. The second-order valence-electron chi connectivity index (χ2n) is 4.76. The van der Waals surface area contributed by atoms with Crippen molar-refractivity contribution in [3.8, 4) is 5.75 Å². The first-order valence-corrected chi connectivity index (χ1v) is 7.08. The highest BCUT2D eigenvalue weighted by Gasteiger charge is 2.08. The smallest absolute Gasteiger partial charge is 0.259 e. The predicted octanol–water partition coefficient (Wildman–Crippen LogP) is 1.71. The molecule has 0 atom stereocenters. The molecule has 0 aliphatic rings. The molecule has 24 heavy (non-hydrogen) atoms. The van der Waals surface area contributed by atoms with E-state index < -0.39 is 11.8 Å². The minimum absolute atomic E-state index is 0.225. The van der Waals surface area contributed by atoms with Crippen LogP contribution in [-0.2, 0) is 4.79 Å². The van der Waals surface area contributed by atoms with Gasteiger partial charge in [-0.1, -0.05) is 18.2 Å². The number of benzene rings is 2. The van der Waals surface area contributed by atoms with Crippen LogP contribution < -0.4 is 15.5 Å². The zero-order chi connectivity index (χ0) is 17.4. The van der Waals surface area contributed by atoms with E-state index in [1.807, 2.05) is 0 Å². The van der Waals surface area contributed by atoms with E-state index in [1.54, 1.807) is 24.3 Å². The lowest BCUT2D eigenvalue weighted by Gasteiger charge is -2.05. The largest absolute Gasteiger partial charge is 0.497 e. The molecule has 0 spiro atoms. The van der Waals surface area contributed by atoms with Gasteiger partial charge in [0.25, 0.3) is 11.8 Å². The molecule has 0 fully saturated rings. The molecule has 0 unspecified atom stereocenters. The SMILES string of the molecule is COc1cccc(C(=O)NCC(=O)N/N=C/c2ccc(F)cc2)c1. The average molecular weight is 329 g/mol. The molecule has 0 heterocycles. The third-order valence-electron chi connectivity index (χ3n) is 3.01. The van der Waals surface area contributed by atoms with Crippen molar-refractivity contribution in [1.29, 1.82) is 0 Å². The maximum absolute atomic E-state index is 12.7. The highest BCUT2D eigenvalue weighted by molar-refractivity contribution is 5.96. The summed E-state index contributed by atoms with van der Waals surface area (Å²) >= 11 is 0. The lowest BCUT2D eigenvalue weighted by molar-refractivity contribution is -0.120. The summed E-state index contributed by atoms with van der Waals surface area (Å²) in [6.45, 7) is -0.225. The average Bonchev–Trinajstić information content (AvgIpc) is 2.61. The van der Waals surface area contributed by atoms with Crippen molar-refractivity contribution < 1.29 is 18.7 Å². The number of hydrazone groups is 1. The topological polar surface area (TPSA) is 79.8 Å². The molecule has 7 heteroatoms. The fraction of sp³-hybridized carbons (Fsp3) is 0.118. The van der Waals surface area contributed by atoms with Gasteiger partial charge in [0.15, 0.2) is 0 Å². The number of methoxy groups -OCH3 is 1. The minimum Gasteiger partial charge on any atom is -0.497 e. The van der Waals surface area contributed by atoms with Gasteiger partial charge in [-0.2, -0.15) is 5.10 Å². The third kappa shape index (κ3) is 5.20. The third-order valence-corrected chi connectivity index (χ3v) is 3.01. The van der Waals surface area contributed by atoms with Crippen molar-refractivity contribution in [3.05, 3.63) is 65.5 Å². The second kappa shape index (κ2) is 8.42. The lowest BCUT2D eigenvalue weighted by atomic mass is 10.2. The summed E-state index contributed by atoms with van der Waals surface area (Å²) in [5.74, 6) is -0.677. The molecule has 0 aromatic heterocycles. The monoisotopic (exact) mass is 329 g/mol. The van der Waals surface area contributed by atoms with E-state index in [0.717, 1.165) is 0 Å². The van der Waals surface area contributed by atoms with Crippen molar-refractivity contribution in [2.45, 2.75) is 0 Å². The fourth-order valence-corrected chi connectivity index (χ4v) is 1.79. The van der Waals surface area contributed by atoms with Crippen LogP contribution in [0, 0.1) is 5.82 Å². The van der Waals surface area contributed by atoms with Crippen LogP contribution in [0.1, 0.15) is 15.9 Å². The fourth-order valence-electron chi connectivity index (χ4n) is 1.79. The van der Waals surface area contributed by atoms with Crippen LogP contribution in [0.4, 0.5) is 4.39 Å². The van der Waals surface area contributed by atoms with Crippen molar-refractivity contribution in [3.63, 3.8) is 0 Å². The molecular weight excluding hydrogens is 313 g/mol. The number of rotatable bonds is 6. The number of ether oxygens (including phenoxy) is 1. The Hall–Kier alpha value is -3.22. The van der Waals surface area contributed by atoms with E-state index >= 15 is 0 Å². The minimum atomic E-state index is -0.482. The van der Waals surface area contributed by atoms with Crippen LogP contribution in [0.15, 0.2) is 53.6 Å². The molecule has 2 N–H and O–H groups in total. The molecule has 2 aromatic carbocycles. The number of hydrogen-bond donors (Lipinski definition) is 2. The number of carbonyl (C=O) groups is 2. The molecular formula is C17H16FN3O3. The van der Waals surface area contributed by atoms with Gasteiger partial charge in [-0.15, -0.1) is 0 Å². The Morgan fingerprint density at radius 1 is 1.21 bits per heavy atom. The van der Waals surface area contributed by atoms with Crippen molar-refractivity contribution in [2.75, 3.05) is 13.7 Å². The first kappa shape index (κ1) is 17.1. The van der Waals surface area contributed by atoms with E-state index in [4.69, 9.17) is 4.74 Å². The quantitative estimate of drug-likeness (QED) is 0.625. The predicted molar refractivity (Wildman–Crippen MR) is 87.5 cm³/mol. The van der Waals surface area contributed by atoms with Crippen LogP contribution in [0.25, 0.3) is 0 Å². The lowest BCUT2D eigenvalue weighted by Crippen LogP contribution is -2.34. The Balaban J connectivity index is 1.80. The Morgan fingerprint density at radius 3 is 2.67 bits per heavy atom. The summed E-state index contributed by atoms with van der Waals surface area (Å²) in [4.78, 5) is 23.5. The normalized spacial score (nSPS) is 10.4. The number of nitrogens with zero attached hydrogens (tertiary/aromatic N) is 1. The number of nitrogens with one attached hydrogen (secondary N) is 2. The molecule has 6 nitrogen and oxygen atoms in total. The van der Waals surface area contributed by atoms with E-state index in [2.05, 4.69) is 15.8 Å². The maximum Gasteiger partial charge on any atom is 0.259 e. The van der Waals surface area contributed by atoms with Gasteiger partial charge in [0.2, 0.25) is 0 Å². The van der Waals surface area contributed by atoms with Crippen LogP contribution >= 0.6 is 0 Å². The molecule has 2 rings (SSSR count). The molecule has 0 radical (unpaired) electrons. The molecule has 2 amide bonds. The summed E-state index contributed by atoms with van der Waals surface area (Å²) in [6.07, 6.45) is 1.38. The van der Waals surface area contributed by atoms with Gasteiger partial charge in [-0.25, -0.2) is 9.82 Å². The first-order valence-electron chi connectivity index (χ1n) is 7.08. The van der Waals surface area contributed by atoms with Crippen molar-refractivity contribution in [1.82, 2.24) is 10.7 Å². The molecule has 0 saturated heterocycles. The molecule has 0 aliphatic heterocycles. The summed E-state index contributed by atoms with van der Waals surface area (Å²) in [7, 11) is 1.50. The Labute approximate surface area is 138 Å². The van der Waals surface area contributed by atoms with Crippen molar-refractivity contribution in [2.24, 2.45) is 5.10 Å². The van der Waals surface area contributed by atoms with Crippen LogP contribution in [0.2, 0.25) is 0 Å². The summed E-state index contributed by atoms with van der Waals surface area (Å²) < 4.78 is 17.8. The van der Waals surface area contributed by atoms with E-state index in [-0.39, 0.29) is 12.4 Å². The number of hydrogen-bond acceptors (Lipinski definition) is 4. The van der Waals surface area contributed by atoms with Gasteiger partial charge in [0.1, 0.15) is 11.6 Å². The van der Waals surface area contributed by atoms with Crippen LogP contribution in [-0.4, -0.2) is 31.7 Å². The molecule has 0 aliphatic carbocycles.